The first-order valence-corrected chi connectivity index (χ1v) is 9.96. The molecule has 154 valence electrons. The van der Waals surface area contributed by atoms with E-state index in [-0.39, 0.29) is 5.91 Å². The third-order valence-electron chi connectivity index (χ3n) is 4.58. The molecule has 1 amide bonds. The third-order valence-corrected chi connectivity index (χ3v) is 5.32. The summed E-state index contributed by atoms with van der Waals surface area (Å²) in [5.41, 5.74) is 3.59. The van der Waals surface area contributed by atoms with Crippen molar-refractivity contribution in [2.24, 2.45) is 0 Å². The molecule has 0 bridgehead atoms. The molecule has 3 heterocycles. The van der Waals surface area contributed by atoms with Gasteiger partial charge in [0.1, 0.15) is 6.67 Å². The van der Waals surface area contributed by atoms with Gasteiger partial charge in [0.05, 0.1) is 34.2 Å². The molecule has 30 heavy (non-hydrogen) atoms. The van der Waals surface area contributed by atoms with Gasteiger partial charge in [-0.25, -0.2) is 4.68 Å². The molecule has 0 aliphatic heterocycles. The predicted octanol–water partition coefficient (Wildman–Crippen LogP) is 4.01. The minimum atomic E-state index is -0.292. The van der Waals surface area contributed by atoms with Crippen molar-refractivity contribution >= 4 is 34.8 Å². The number of nitrogens with zero attached hydrogens (tertiary/aromatic N) is 6. The first kappa shape index (κ1) is 20.2. The summed E-state index contributed by atoms with van der Waals surface area (Å²) in [6.07, 6.45) is 5.07. The van der Waals surface area contributed by atoms with Crippen LogP contribution in [0, 0.1) is 13.8 Å². The molecule has 0 spiro atoms. The Morgan fingerprint density at radius 3 is 2.67 bits per heavy atom. The van der Waals surface area contributed by atoms with E-state index in [0.29, 0.717) is 34.6 Å². The van der Waals surface area contributed by atoms with Crippen LogP contribution in [0.2, 0.25) is 10.0 Å². The van der Waals surface area contributed by atoms with Crippen molar-refractivity contribution in [3.05, 3.63) is 81.6 Å². The second kappa shape index (κ2) is 8.33. The average Bonchev–Trinajstić information content (AvgIpc) is 3.40. The summed E-state index contributed by atoms with van der Waals surface area (Å²) in [5, 5.41) is 17.0. The first-order chi connectivity index (χ1) is 14.4. The molecule has 8 nitrogen and oxygen atoms in total. The van der Waals surface area contributed by atoms with Gasteiger partial charge < -0.3 is 5.32 Å². The van der Waals surface area contributed by atoms with Gasteiger partial charge in [0.25, 0.3) is 5.91 Å². The molecule has 4 aromatic rings. The number of nitrogens with one attached hydrogen (secondary N) is 1. The van der Waals surface area contributed by atoms with Crippen molar-refractivity contribution in [3.63, 3.8) is 0 Å². The molecule has 0 atom stereocenters. The molecule has 0 fully saturated rings. The van der Waals surface area contributed by atoms with Gasteiger partial charge in [-0.1, -0.05) is 35.3 Å². The van der Waals surface area contributed by atoms with Gasteiger partial charge in [0.15, 0.2) is 5.69 Å². The fourth-order valence-corrected chi connectivity index (χ4v) is 3.36. The van der Waals surface area contributed by atoms with E-state index >= 15 is 0 Å². The minimum Gasteiger partial charge on any atom is -0.321 e. The highest BCUT2D eigenvalue weighted by Crippen LogP contribution is 2.19. The Morgan fingerprint density at radius 1 is 1.13 bits per heavy atom. The van der Waals surface area contributed by atoms with Gasteiger partial charge in [-0.3, -0.25) is 14.2 Å². The number of anilines is 1. The van der Waals surface area contributed by atoms with Gasteiger partial charge in [-0.05, 0) is 37.6 Å². The van der Waals surface area contributed by atoms with E-state index < -0.39 is 0 Å². The van der Waals surface area contributed by atoms with Gasteiger partial charge in [-0.15, -0.1) is 0 Å². The number of aryl methyl sites for hydroxylation is 1. The summed E-state index contributed by atoms with van der Waals surface area (Å²) in [7, 11) is 0. The van der Waals surface area contributed by atoms with Crippen LogP contribution >= 0.6 is 23.2 Å². The molecule has 0 aliphatic rings. The zero-order valence-corrected chi connectivity index (χ0v) is 17.9. The Morgan fingerprint density at radius 2 is 1.97 bits per heavy atom. The van der Waals surface area contributed by atoms with Crippen LogP contribution in [0.4, 0.5) is 5.69 Å². The SMILES string of the molecule is Cc1nn(Cn2ccc(C(=O)Nc3cccc(Cn4cc(Cl)cn4)c3)n2)c(C)c1Cl. The Balaban J connectivity index is 1.43. The summed E-state index contributed by atoms with van der Waals surface area (Å²) in [5.74, 6) is -0.292. The number of hydrogen-bond acceptors (Lipinski definition) is 4. The van der Waals surface area contributed by atoms with Crippen molar-refractivity contribution in [1.29, 1.82) is 0 Å². The number of benzene rings is 1. The molecule has 1 N–H and O–H groups in total. The number of carbonyl (C=O) groups is 1. The van der Waals surface area contributed by atoms with Crippen LogP contribution in [0.5, 0.6) is 0 Å². The maximum atomic E-state index is 12.6. The number of rotatable bonds is 6. The second-order valence-electron chi connectivity index (χ2n) is 6.88. The fraction of sp³-hybridized carbons (Fsp3) is 0.200. The van der Waals surface area contributed by atoms with E-state index in [1.807, 2.05) is 38.1 Å². The third kappa shape index (κ3) is 4.39. The van der Waals surface area contributed by atoms with Gasteiger partial charge in [-0.2, -0.15) is 15.3 Å². The lowest BCUT2D eigenvalue weighted by atomic mass is 10.2. The van der Waals surface area contributed by atoms with E-state index in [0.717, 1.165) is 17.0 Å². The number of aromatic nitrogens is 6. The molecule has 4 rings (SSSR count). The smallest absolute Gasteiger partial charge is 0.276 e. The highest BCUT2D eigenvalue weighted by molar-refractivity contribution is 6.31. The van der Waals surface area contributed by atoms with Crippen molar-refractivity contribution in [3.8, 4) is 0 Å². The molecule has 0 unspecified atom stereocenters. The predicted molar refractivity (Wildman–Crippen MR) is 115 cm³/mol. The molecular formula is C20H19Cl2N7O. The monoisotopic (exact) mass is 443 g/mol. The molecule has 0 aliphatic carbocycles. The van der Waals surface area contributed by atoms with Gasteiger partial charge in [0, 0.05) is 18.1 Å². The van der Waals surface area contributed by atoms with E-state index in [2.05, 4.69) is 20.6 Å². The van der Waals surface area contributed by atoms with Crippen LogP contribution in [0.25, 0.3) is 0 Å². The highest BCUT2D eigenvalue weighted by Gasteiger charge is 2.13. The quantitative estimate of drug-likeness (QED) is 0.487. The topological polar surface area (TPSA) is 82.6 Å². The molecule has 3 aromatic heterocycles. The molecule has 10 heteroatoms. The van der Waals surface area contributed by atoms with Crippen LogP contribution in [0.1, 0.15) is 27.4 Å². The van der Waals surface area contributed by atoms with E-state index in [9.17, 15) is 4.79 Å². The van der Waals surface area contributed by atoms with Crippen LogP contribution < -0.4 is 5.32 Å². The molecular weight excluding hydrogens is 425 g/mol. The molecule has 0 radical (unpaired) electrons. The Labute approximate surface area is 183 Å². The zero-order chi connectivity index (χ0) is 21.3. The van der Waals surface area contributed by atoms with E-state index in [1.165, 1.54) is 0 Å². The Hall–Kier alpha value is -3.10. The Bertz CT molecular complexity index is 1210. The first-order valence-electron chi connectivity index (χ1n) is 9.20. The van der Waals surface area contributed by atoms with Crippen LogP contribution in [0.3, 0.4) is 0 Å². The largest absolute Gasteiger partial charge is 0.321 e. The van der Waals surface area contributed by atoms with Crippen LogP contribution in [-0.2, 0) is 13.2 Å². The van der Waals surface area contributed by atoms with Crippen LogP contribution in [0.15, 0.2) is 48.9 Å². The summed E-state index contributed by atoms with van der Waals surface area (Å²) < 4.78 is 5.12. The van der Waals surface area contributed by atoms with E-state index in [4.69, 9.17) is 23.2 Å². The van der Waals surface area contributed by atoms with Gasteiger partial charge >= 0.3 is 0 Å². The van der Waals surface area contributed by atoms with E-state index in [1.54, 1.807) is 38.7 Å². The molecule has 0 saturated heterocycles. The summed E-state index contributed by atoms with van der Waals surface area (Å²) >= 11 is 12.1. The summed E-state index contributed by atoms with van der Waals surface area (Å²) in [6.45, 7) is 4.66. The van der Waals surface area contributed by atoms with Gasteiger partial charge in [0.2, 0.25) is 0 Å². The lowest BCUT2D eigenvalue weighted by Gasteiger charge is -2.07. The molecule has 0 saturated carbocycles. The van der Waals surface area contributed by atoms with Crippen molar-refractivity contribution in [2.45, 2.75) is 27.1 Å². The molecule has 1 aromatic carbocycles. The second-order valence-corrected chi connectivity index (χ2v) is 7.69. The average molecular weight is 444 g/mol. The normalized spacial score (nSPS) is 11.1. The maximum Gasteiger partial charge on any atom is 0.276 e. The summed E-state index contributed by atoms with van der Waals surface area (Å²) in [4.78, 5) is 12.6. The van der Waals surface area contributed by atoms with Crippen molar-refractivity contribution in [1.82, 2.24) is 29.3 Å². The Kier molecular flexibility index (Phi) is 5.61. The summed E-state index contributed by atoms with van der Waals surface area (Å²) in [6, 6.07) is 9.22. The lowest BCUT2D eigenvalue weighted by molar-refractivity contribution is 0.102. The number of hydrogen-bond donors (Lipinski definition) is 1. The number of carbonyl (C=O) groups excluding carboxylic acids is 1. The fourth-order valence-electron chi connectivity index (χ4n) is 3.07. The minimum absolute atomic E-state index is 0.292. The van der Waals surface area contributed by atoms with Crippen molar-refractivity contribution < 1.29 is 4.79 Å². The van der Waals surface area contributed by atoms with Crippen molar-refractivity contribution in [2.75, 3.05) is 5.32 Å². The standard InChI is InChI=1S/C20H19Cl2N7O/c1-13-19(22)14(2)29(25-13)12-27-7-6-18(26-27)20(30)24-17-5-3-4-15(8-17)10-28-11-16(21)9-23-28/h3-9,11H,10,12H2,1-2H3,(H,24,30). The number of halogens is 2. The lowest BCUT2D eigenvalue weighted by Crippen LogP contribution is -2.16. The highest BCUT2D eigenvalue weighted by atomic mass is 35.5. The maximum absolute atomic E-state index is 12.6. The number of amides is 1. The zero-order valence-electron chi connectivity index (χ0n) is 16.4. The van der Waals surface area contributed by atoms with Crippen LogP contribution in [-0.4, -0.2) is 35.2 Å².